The molecular weight excluding hydrogens is 366 g/mol. The molecule has 2 amide bonds. The molecule has 2 N–H and O–H groups in total. The van der Waals surface area contributed by atoms with Gasteiger partial charge in [0.1, 0.15) is 0 Å². The molecule has 0 radical (unpaired) electrons. The van der Waals surface area contributed by atoms with Crippen molar-refractivity contribution in [3.05, 3.63) is 82.6 Å². The van der Waals surface area contributed by atoms with E-state index in [1.54, 1.807) is 6.92 Å². The van der Waals surface area contributed by atoms with Crippen molar-refractivity contribution in [2.45, 2.75) is 26.4 Å². The van der Waals surface area contributed by atoms with Crippen LogP contribution in [0.2, 0.25) is 0 Å². The summed E-state index contributed by atoms with van der Waals surface area (Å²) in [5, 5.41) is 5.68. The lowest BCUT2D eigenvalue weighted by Crippen LogP contribution is -2.48. The first kappa shape index (κ1) is 20.6. The third-order valence-corrected chi connectivity index (χ3v) is 4.91. The first-order valence-electron chi connectivity index (χ1n) is 9.75. The van der Waals surface area contributed by atoms with Crippen LogP contribution in [0.5, 0.6) is 0 Å². The van der Waals surface area contributed by atoms with E-state index in [2.05, 4.69) is 34.6 Å². The minimum atomic E-state index is -0.550. The smallest absolute Gasteiger partial charge is 0.338 e. The molecule has 0 aliphatic carbocycles. The van der Waals surface area contributed by atoms with E-state index in [0.717, 1.165) is 5.56 Å². The fraction of sp³-hybridized carbons (Fsp3) is 0.304. The Morgan fingerprint density at radius 2 is 1.76 bits per heavy atom. The van der Waals surface area contributed by atoms with E-state index in [4.69, 9.17) is 4.74 Å². The lowest BCUT2D eigenvalue weighted by atomic mass is 9.95. The van der Waals surface area contributed by atoms with Crippen LogP contribution in [0.3, 0.4) is 0 Å². The molecule has 0 spiro atoms. The number of esters is 1. The summed E-state index contributed by atoms with van der Waals surface area (Å²) in [6, 6.07) is 16.8. The van der Waals surface area contributed by atoms with Gasteiger partial charge >= 0.3 is 12.0 Å². The zero-order chi connectivity index (χ0) is 20.8. The number of likely N-dealkylation sites (N-methyl/N-ethyl adjacent to an activating group) is 1. The second-order valence-corrected chi connectivity index (χ2v) is 7.15. The van der Waals surface area contributed by atoms with Gasteiger partial charge in [-0.05, 0) is 37.6 Å². The average Bonchev–Trinajstić information content (AvgIpc) is 2.70. The zero-order valence-corrected chi connectivity index (χ0v) is 17.1. The third-order valence-electron chi connectivity index (χ3n) is 4.91. The number of hydrogen-bond donors (Lipinski definition) is 2. The second-order valence-electron chi connectivity index (χ2n) is 7.15. The maximum atomic E-state index is 12.8. The predicted octanol–water partition coefficient (Wildman–Crippen LogP) is 3.30. The van der Waals surface area contributed by atoms with Crippen molar-refractivity contribution < 1.29 is 14.3 Å². The number of benzene rings is 2. The topological polar surface area (TPSA) is 70.7 Å². The van der Waals surface area contributed by atoms with Crippen LogP contribution >= 0.6 is 0 Å². The van der Waals surface area contributed by atoms with Crippen LogP contribution in [0.1, 0.15) is 29.7 Å². The Bertz CT molecular complexity index is 909. The van der Waals surface area contributed by atoms with Gasteiger partial charge in [-0.2, -0.15) is 0 Å². The summed E-state index contributed by atoms with van der Waals surface area (Å²) in [4.78, 5) is 27.2. The molecule has 0 saturated heterocycles. The number of rotatable bonds is 7. The molecule has 0 bridgehead atoms. The quantitative estimate of drug-likeness (QED) is 0.708. The van der Waals surface area contributed by atoms with E-state index in [9.17, 15) is 9.59 Å². The van der Waals surface area contributed by atoms with Gasteiger partial charge in [0.05, 0.1) is 18.2 Å². The van der Waals surface area contributed by atoms with Crippen molar-refractivity contribution in [1.29, 1.82) is 0 Å². The summed E-state index contributed by atoms with van der Waals surface area (Å²) in [6.07, 6.45) is 0. The number of amides is 2. The first-order valence-corrected chi connectivity index (χ1v) is 9.75. The van der Waals surface area contributed by atoms with Gasteiger partial charge in [-0.3, -0.25) is 4.90 Å². The van der Waals surface area contributed by atoms with E-state index in [-0.39, 0.29) is 12.6 Å². The normalized spacial score (nSPS) is 16.4. The van der Waals surface area contributed by atoms with Crippen molar-refractivity contribution in [2.75, 3.05) is 20.2 Å². The molecule has 1 unspecified atom stereocenters. The second kappa shape index (κ2) is 9.39. The van der Waals surface area contributed by atoms with Gasteiger partial charge < -0.3 is 15.4 Å². The number of nitrogens with zero attached hydrogens (tertiary/aromatic N) is 1. The fourth-order valence-electron chi connectivity index (χ4n) is 3.49. The zero-order valence-electron chi connectivity index (χ0n) is 17.1. The lowest BCUT2D eigenvalue weighted by Gasteiger charge is -2.31. The minimum Gasteiger partial charge on any atom is -0.463 e. The predicted molar refractivity (Wildman–Crippen MR) is 112 cm³/mol. The molecule has 152 valence electrons. The minimum absolute atomic E-state index is 0.268. The van der Waals surface area contributed by atoms with Crippen molar-refractivity contribution in [1.82, 2.24) is 15.5 Å². The monoisotopic (exact) mass is 393 g/mol. The van der Waals surface area contributed by atoms with Crippen LogP contribution in [0.4, 0.5) is 4.79 Å². The molecule has 2 aromatic carbocycles. The molecular formula is C23H27N3O3. The third kappa shape index (κ3) is 5.03. The van der Waals surface area contributed by atoms with Crippen LogP contribution in [-0.2, 0) is 16.1 Å². The summed E-state index contributed by atoms with van der Waals surface area (Å²) in [6.45, 7) is 5.23. The Balaban J connectivity index is 1.92. The van der Waals surface area contributed by atoms with Gasteiger partial charge in [-0.25, -0.2) is 9.59 Å². The fourth-order valence-corrected chi connectivity index (χ4v) is 3.49. The molecule has 29 heavy (non-hydrogen) atoms. The highest BCUT2D eigenvalue weighted by molar-refractivity contribution is 5.95. The van der Waals surface area contributed by atoms with E-state index >= 15 is 0 Å². The van der Waals surface area contributed by atoms with E-state index in [1.165, 1.54) is 11.1 Å². The molecule has 1 heterocycles. The number of nitrogens with one attached hydrogen (secondary N) is 2. The molecule has 3 rings (SSSR count). The molecule has 1 atom stereocenters. The Morgan fingerprint density at radius 3 is 2.45 bits per heavy atom. The first-order chi connectivity index (χ1) is 14.0. The Hall–Kier alpha value is -3.12. The highest BCUT2D eigenvalue weighted by atomic mass is 16.5. The molecule has 1 aliphatic rings. The Morgan fingerprint density at radius 1 is 1.07 bits per heavy atom. The van der Waals surface area contributed by atoms with Crippen molar-refractivity contribution in [2.24, 2.45) is 0 Å². The lowest BCUT2D eigenvalue weighted by molar-refractivity contribution is -0.139. The number of hydrogen-bond acceptors (Lipinski definition) is 4. The van der Waals surface area contributed by atoms with Gasteiger partial charge in [-0.1, -0.05) is 54.6 Å². The summed E-state index contributed by atoms with van der Waals surface area (Å²) in [7, 11) is 1.97. The van der Waals surface area contributed by atoms with Crippen molar-refractivity contribution >= 4 is 12.0 Å². The number of carbonyl (C=O) groups excluding carboxylic acids is 2. The standard InChI is InChI=1S/C23H27N3O3/c1-4-29-22(27)20-19(15-26(3)14-18-13-9-8-10-16(18)2)24-23(28)25-21(20)17-11-6-5-7-12-17/h5-13,21H,4,14-15H2,1-3H3,(H2,24,25,28). The van der Waals surface area contributed by atoms with Crippen molar-refractivity contribution in [3.8, 4) is 0 Å². The Labute approximate surface area is 171 Å². The van der Waals surface area contributed by atoms with Crippen LogP contribution < -0.4 is 10.6 Å². The van der Waals surface area contributed by atoms with Crippen LogP contribution in [0.15, 0.2) is 65.9 Å². The van der Waals surface area contributed by atoms with Gasteiger partial charge in [0.15, 0.2) is 0 Å². The van der Waals surface area contributed by atoms with Crippen LogP contribution in [0, 0.1) is 6.92 Å². The molecule has 0 fully saturated rings. The number of ether oxygens (including phenoxy) is 1. The summed E-state index contributed by atoms with van der Waals surface area (Å²) < 4.78 is 5.31. The highest BCUT2D eigenvalue weighted by Gasteiger charge is 2.33. The number of aryl methyl sites for hydroxylation is 1. The van der Waals surface area contributed by atoms with Gasteiger partial charge in [0.25, 0.3) is 0 Å². The van der Waals surface area contributed by atoms with Crippen molar-refractivity contribution in [3.63, 3.8) is 0 Å². The van der Waals surface area contributed by atoms with Crippen LogP contribution in [-0.4, -0.2) is 37.1 Å². The number of carbonyl (C=O) groups is 2. The molecule has 0 saturated carbocycles. The summed E-state index contributed by atoms with van der Waals surface area (Å²) in [5.74, 6) is -0.423. The molecule has 0 aromatic heterocycles. The highest BCUT2D eigenvalue weighted by Crippen LogP contribution is 2.28. The maximum absolute atomic E-state index is 12.8. The largest absolute Gasteiger partial charge is 0.463 e. The van der Waals surface area contributed by atoms with E-state index in [0.29, 0.717) is 24.4 Å². The summed E-state index contributed by atoms with van der Waals surface area (Å²) >= 11 is 0. The van der Waals surface area contributed by atoms with Gasteiger partial charge in [-0.15, -0.1) is 0 Å². The van der Waals surface area contributed by atoms with E-state index in [1.807, 2.05) is 49.5 Å². The molecule has 6 heteroatoms. The SMILES string of the molecule is CCOC(=O)C1=C(CN(C)Cc2ccccc2C)NC(=O)NC1c1ccccc1. The van der Waals surface area contributed by atoms with E-state index < -0.39 is 12.0 Å². The van der Waals surface area contributed by atoms with Gasteiger partial charge in [0.2, 0.25) is 0 Å². The molecule has 1 aliphatic heterocycles. The molecule has 2 aromatic rings. The summed E-state index contributed by atoms with van der Waals surface area (Å²) in [5.41, 5.74) is 4.25. The van der Waals surface area contributed by atoms with Crippen LogP contribution in [0.25, 0.3) is 0 Å². The van der Waals surface area contributed by atoms with Gasteiger partial charge in [0, 0.05) is 18.8 Å². The number of urea groups is 1. The molecule has 6 nitrogen and oxygen atoms in total. The average molecular weight is 393 g/mol. The maximum Gasteiger partial charge on any atom is 0.338 e. The Kier molecular flexibility index (Phi) is 6.67.